The minimum Gasteiger partial charge on any atom is -0.493 e. The highest BCUT2D eigenvalue weighted by Gasteiger charge is 2.24. The van der Waals surface area contributed by atoms with Crippen molar-refractivity contribution in [2.24, 2.45) is 7.05 Å². The number of rotatable bonds is 5. The highest BCUT2D eigenvalue weighted by atomic mass is 35.5. The van der Waals surface area contributed by atoms with Crippen LogP contribution in [-0.4, -0.2) is 23.4 Å². The van der Waals surface area contributed by atoms with Crippen LogP contribution in [0.15, 0.2) is 24.4 Å². The molecule has 1 N–H and O–H groups in total. The van der Waals surface area contributed by atoms with Gasteiger partial charge >= 0.3 is 0 Å². The predicted octanol–water partition coefficient (Wildman–Crippen LogP) is 3.09. The van der Waals surface area contributed by atoms with Crippen molar-refractivity contribution >= 4 is 11.6 Å². The number of halogens is 1. The third-order valence-corrected chi connectivity index (χ3v) is 3.90. The number of hydrogen-bond donors (Lipinski definition) is 1. The average molecular weight is 294 g/mol. The molecule has 0 spiro atoms. The summed E-state index contributed by atoms with van der Waals surface area (Å²) in [4.78, 5) is 0. The Morgan fingerprint density at radius 3 is 2.85 bits per heavy atom. The Labute approximate surface area is 124 Å². The van der Waals surface area contributed by atoms with E-state index in [1.54, 1.807) is 13.3 Å². The molecule has 2 rings (SSSR count). The number of methoxy groups -OCH3 is 1. The molecule has 0 aliphatic rings. The zero-order valence-corrected chi connectivity index (χ0v) is 13.0. The van der Waals surface area contributed by atoms with Crippen molar-refractivity contribution in [3.63, 3.8) is 0 Å². The number of aryl methyl sites for hydroxylation is 2. The van der Waals surface area contributed by atoms with Gasteiger partial charge in [0, 0.05) is 12.1 Å². The lowest BCUT2D eigenvalue weighted by Gasteiger charge is -2.21. The van der Waals surface area contributed by atoms with Crippen LogP contribution in [0.3, 0.4) is 0 Å². The van der Waals surface area contributed by atoms with Crippen LogP contribution < -0.4 is 10.1 Å². The van der Waals surface area contributed by atoms with Crippen molar-refractivity contribution in [1.29, 1.82) is 0 Å². The molecule has 0 fully saturated rings. The third kappa shape index (κ3) is 2.67. The molecule has 0 aliphatic heterocycles. The van der Waals surface area contributed by atoms with E-state index in [1.165, 1.54) is 0 Å². The molecule has 1 atom stereocenters. The Morgan fingerprint density at radius 1 is 1.45 bits per heavy atom. The van der Waals surface area contributed by atoms with Crippen LogP contribution in [0.2, 0.25) is 5.02 Å². The van der Waals surface area contributed by atoms with Crippen molar-refractivity contribution in [2.45, 2.75) is 19.9 Å². The molecule has 0 radical (unpaired) electrons. The molecular formula is C15H20ClN3O. The number of nitrogens with zero attached hydrogens (tertiary/aromatic N) is 2. The molecule has 1 heterocycles. The Morgan fingerprint density at radius 2 is 2.20 bits per heavy atom. The predicted molar refractivity (Wildman–Crippen MR) is 81.5 cm³/mol. The van der Waals surface area contributed by atoms with Crippen LogP contribution in [0.1, 0.15) is 29.8 Å². The van der Waals surface area contributed by atoms with E-state index < -0.39 is 0 Å². The van der Waals surface area contributed by atoms with E-state index in [0.29, 0.717) is 0 Å². The second kappa shape index (κ2) is 6.29. The lowest BCUT2D eigenvalue weighted by molar-refractivity contribution is 0.401. The summed E-state index contributed by atoms with van der Waals surface area (Å²) in [5, 5.41) is 8.52. The molecule has 0 amide bonds. The summed E-state index contributed by atoms with van der Waals surface area (Å²) in [7, 11) is 3.56. The molecule has 1 aromatic carbocycles. The van der Waals surface area contributed by atoms with Gasteiger partial charge in [-0.1, -0.05) is 36.7 Å². The summed E-state index contributed by atoms with van der Waals surface area (Å²) in [6, 6.07) is 6.02. The summed E-state index contributed by atoms with van der Waals surface area (Å²) in [5.74, 6) is 0.760. The first-order valence-electron chi connectivity index (χ1n) is 6.64. The largest absolute Gasteiger partial charge is 0.493 e. The molecule has 0 saturated heterocycles. The Bertz CT molecular complexity index is 595. The van der Waals surface area contributed by atoms with E-state index >= 15 is 0 Å². The van der Waals surface area contributed by atoms with Gasteiger partial charge in [0.15, 0.2) is 5.75 Å². The van der Waals surface area contributed by atoms with Crippen LogP contribution in [-0.2, 0) is 7.05 Å². The molecule has 4 nitrogen and oxygen atoms in total. The quantitative estimate of drug-likeness (QED) is 0.921. The maximum atomic E-state index is 6.48. The average Bonchev–Trinajstić information content (AvgIpc) is 2.81. The standard InChI is InChI=1S/C15H20ClN3O/c1-5-17-14(11-8-6-7-10(2)13(11)16)15-12(20-4)9-18-19(15)3/h6-9,14,17H,5H2,1-4H3. The minimum atomic E-state index is -0.0464. The summed E-state index contributed by atoms with van der Waals surface area (Å²) < 4.78 is 7.24. The van der Waals surface area contributed by atoms with Gasteiger partial charge < -0.3 is 10.1 Å². The highest BCUT2D eigenvalue weighted by Crippen LogP contribution is 2.34. The zero-order valence-electron chi connectivity index (χ0n) is 12.3. The fraction of sp³-hybridized carbons (Fsp3) is 0.400. The maximum Gasteiger partial charge on any atom is 0.161 e. The van der Waals surface area contributed by atoms with Crippen molar-refractivity contribution in [2.75, 3.05) is 13.7 Å². The van der Waals surface area contributed by atoms with Gasteiger partial charge in [0.2, 0.25) is 0 Å². The van der Waals surface area contributed by atoms with Gasteiger partial charge in [-0.3, -0.25) is 4.68 Å². The van der Waals surface area contributed by atoms with E-state index in [1.807, 2.05) is 36.9 Å². The molecule has 0 bridgehead atoms. The highest BCUT2D eigenvalue weighted by molar-refractivity contribution is 6.32. The summed E-state index contributed by atoms with van der Waals surface area (Å²) >= 11 is 6.48. The van der Waals surface area contributed by atoms with Crippen LogP contribution in [0.5, 0.6) is 5.75 Å². The maximum absolute atomic E-state index is 6.48. The summed E-state index contributed by atoms with van der Waals surface area (Å²) in [6.45, 7) is 4.90. The third-order valence-electron chi connectivity index (χ3n) is 3.38. The van der Waals surface area contributed by atoms with Crippen LogP contribution in [0.25, 0.3) is 0 Å². The summed E-state index contributed by atoms with van der Waals surface area (Å²) in [6.07, 6.45) is 1.73. The van der Waals surface area contributed by atoms with E-state index in [9.17, 15) is 0 Å². The molecule has 5 heteroatoms. The zero-order chi connectivity index (χ0) is 14.7. The van der Waals surface area contributed by atoms with Crippen molar-refractivity contribution in [3.8, 4) is 5.75 Å². The van der Waals surface area contributed by atoms with Gasteiger partial charge in [-0.25, -0.2) is 0 Å². The van der Waals surface area contributed by atoms with Crippen LogP contribution in [0, 0.1) is 6.92 Å². The Balaban J connectivity index is 2.56. The molecule has 1 unspecified atom stereocenters. The van der Waals surface area contributed by atoms with Gasteiger partial charge in [0.1, 0.15) is 5.69 Å². The first-order chi connectivity index (χ1) is 9.60. The molecule has 108 valence electrons. The minimum absolute atomic E-state index is 0.0464. The lowest BCUT2D eigenvalue weighted by Crippen LogP contribution is -2.25. The topological polar surface area (TPSA) is 39.1 Å². The number of benzene rings is 1. The smallest absolute Gasteiger partial charge is 0.161 e. The second-order valence-electron chi connectivity index (χ2n) is 4.69. The fourth-order valence-electron chi connectivity index (χ4n) is 2.36. The fourth-order valence-corrected chi connectivity index (χ4v) is 2.60. The molecular weight excluding hydrogens is 274 g/mol. The lowest BCUT2D eigenvalue weighted by atomic mass is 10.0. The van der Waals surface area contributed by atoms with Gasteiger partial charge in [-0.05, 0) is 24.6 Å². The van der Waals surface area contributed by atoms with Gasteiger partial charge in [0.05, 0.1) is 19.3 Å². The van der Waals surface area contributed by atoms with E-state index in [2.05, 4.69) is 17.3 Å². The molecule has 0 saturated carbocycles. The first kappa shape index (κ1) is 14.9. The van der Waals surface area contributed by atoms with Gasteiger partial charge in [0.25, 0.3) is 0 Å². The monoisotopic (exact) mass is 293 g/mol. The van der Waals surface area contributed by atoms with Gasteiger partial charge in [-0.15, -0.1) is 0 Å². The molecule has 0 aliphatic carbocycles. The molecule has 1 aromatic heterocycles. The normalized spacial score (nSPS) is 12.4. The van der Waals surface area contributed by atoms with Gasteiger partial charge in [-0.2, -0.15) is 5.10 Å². The Hall–Kier alpha value is -1.52. The number of aromatic nitrogens is 2. The first-order valence-corrected chi connectivity index (χ1v) is 7.02. The van der Waals surface area contributed by atoms with Crippen molar-refractivity contribution in [1.82, 2.24) is 15.1 Å². The molecule has 20 heavy (non-hydrogen) atoms. The van der Waals surface area contributed by atoms with Crippen LogP contribution in [0.4, 0.5) is 0 Å². The number of ether oxygens (including phenoxy) is 1. The molecule has 2 aromatic rings. The van der Waals surface area contributed by atoms with Crippen LogP contribution >= 0.6 is 11.6 Å². The van der Waals surface area contributed by atoms with E-state index in [4.69, 9.17) is 16.3 Å². The SMILES string of the molecule is CCNC(c1cccc(C)c1Cl)c1c(OC)cnn1C. The number of nitrogens with one attached hydrogen (secondary N) is 1. The Kier molecular flexibility index (Phi) is 4.68. The second-order valence-corrected chi connectivity index (χ2v) is 5.07. The summed E-state index contributed by atoms with van der Waals surface area (Å²) in [5.41, 5.74) is 3.07. The van der Waals surface area contributed by atoms with Crippen molar-refractivity contribution in [3.05, 3.63) is 46.2 Å². The van der Waals surface area contributed by atoms with E-state index in [-0.39, 0.29) is 6.04 Å². The number of hydrogen-bond acceptors (Lipinski definition) is 3. The van der Waals surface area contributed by atoms with Crippen molar-refractivity contribution < 1.29 is 4.74 Å². The van der Waals surface area contributed by atoms with E-state index in [0.717, 1.165) is 34.1 Å².